The molecule has 0 unspecified atom stereocenters. The van der Waals surface area contributed by atoms with Gasteiger partial charge in [-0.05, 0) is 11.1 Å². The maximum absolute atomic E-state index is 12.2. The van der Waals surface area contributed by atoms with Crippen LogP contribution in [0.1, 0.15) is 11.1 Å². The van der Waals surface area contributed by atoms with Crippen molar-refractivity contribution in [2.45, 2.75) is 13.0 Å². The number of carbonyl (C=O) groups is 2. The Balaban J connectivity index is 2.05. The summed E-state index contributed by atoms with van der Waals surface area (Å²) >= 11 is 5.42. The summed E-state index contributed by atoms with van der Waals surface area (Å²) in [6.45, 7) is 0.604. The van der Waals surface area contributed by atoms with E-state index in [-0.39, 0.29) is 6.54 Å². The van der Waals surface area contributed by atoms with Crippen LogP contribution in [0.3, 0.4) is 0 Å². The molecule has 0 atom stereocenters. The highest BCUT2D eigenvalue weighted by atomic mass is 32.1. The first-order chi connectivity index (χ1) is 11.5. The molecule has 4 amide bonds. The van der Waals surface area contributed by atoms with Gasteiger partial charge in [0.1, 0.15) is 0 Å². The Morgan fingerprint density at radius 3 is 2.04 bits per heavy atom. The van der Waals surface area contributed by atoms with Crippen LogP contribution in [0.15, 0.2) is 60.7 Å². The Labute approximate surface area is 146 Å². The molecule has 0 aliphatic carbocycles. The van der Waals surface area contributed by atoms with Crippen molar-refractivity contribution in [1.82, 2.24) is 10.2 Å². The van der Waals surface area contributed by atoms with E-state index in [1.54, 1.807) is 0 Å². The number of hydrogen-bond acceptors (Lipinski definition) is 3. The number of primary amides is 1. The largest absolute Gasteiger partial charge is 0.351 e. The number of nitrogens with one attached hydrogen (secondary N) is 1. The number of thiocarbonyl (C=S) groups is 1. The molecule has 124 valence electrons. The molecule has 0 heterocycles. The Morgan fingerprint density at radius 2 is 1.50 bits per heavy atom. The number of imide groups is 1. The lowest BCUT2D eigenvalue weighted by Crippen LogP contribution is -2.46. The van der Waals surface area contributed by atoms with Gasteiger partial charge in [-0.25, -0.2) is 9.59 Å². The fourth-order valence-electron chi connectivity index (χ4n) is 2.28. The van der Waals surface area contributed by atoms with Gasteiger partial charge in [-0.3, -0.25) is 5.32 Å². The van der Waals surface area contributed by atoms with E-state index in [9.17, 15) is 9.59 Å². The zero-order chi connectivity index (χ0) is 17.4. The fraction of sp³-hybridized carbons (Fsp3) is 0.167. The van der Waals surface area contributed by atoms with Crippen LogP contribution in [0, 0.1) is 0 Å². The minimum absolute atomic E-state index is 0.262. The van der Waals surface area contributed by atoms with Gasteiger partial charge >= 0.3 is 12.1 Å². The van der Waals surface area contributed by atoms with Crippen LogP contribution in [-0.4, -0.2) is 28.4 Å². The number of urea groups is 2. The van der Waals surface area contributed by atoms with Crippen molar-refractivity contribution >= 4 is 29.1 Å². The summed E-state index contributed by atoms with van der Waals surface area (Å²) in [4.78, 5) is 25.4. The number of benzene rings is 2. The van der Waals surface area contributed by atoms with Crippen LogP contribution in [-0.2, 0) is 13.0 Å². The number of nitrogens with two attached hydrogens (primary N) is 1. The Hall–Kier alpha value is -2.73. The summed E-state index contributed by atoms with van der Waals surface area (Å²) in [7, 11) is 0. The van der Waals surface area contributed by atoms with Gasteiger partial charge in [0.15, 0.2) is 0 Å². The van der Waals surface area contributed by atoms with Crippen molar-refractivity contribution in [3.63, 3.8) is 0 Å². The molecule has 0 aromatic heterocycles. The number of rotatable bonds is 6. The first kappa shape index (κ1) is 17.6. The number of nitrogens with zero attached hydrogens (tertiary/aromatic N) is 1. The van der Waals surface area contributed by atoms with Gasteiger partial charge in [0, 0.05) is 17.8 Å². The van der Waals surface area contributed by atoms with Crippen LogP contribution in [0.4, 0.5) is 9.59 Å². The topological polar surface area (TPSA) is 75.4 Å². The second kappa shape index (κ2) is 8.79. The first-order valence-corrected chi connectivity index (χ1v) is 7.90. The van der Waals surface area contributed by atoms with Crippen LogP contribution in [0.5, 0.6) is 0 Å². The summed E-state index contributed by atoms with van der Waals surface area (Å²) < 4.78 is 0. The third-order valence-corrected chi connectivity index (χ3v) is 3.62. The van der Waals surface area contributed by atoms with E-state index in [1.165, 1.54) is 4.90 Å². The summed E-state index contributed by atoms with van der Waals surface area (Å²) in [6.07, 6.45) is 0.589. The highest BCUT2D eigenvalue weighted by molar-refractivity contribution is 7.80. The zero-order valence-corrected chi connectivity index (χ0v) is 14.0. The molecule has 5 nitrogen and oxygen atoms in total. The van der Waals surface area contributed by atoms with Crippen LogP contribution >= 0.6 is 12.2 Å². The lowest BCUT2D eigenvalue weighted by Gasteiger charge is -2.23. The van der Waals surface area contributed by atoms with Crippen molar-refractivity contribution in [3.8, 4) is 0 Å². The molecule has 2 aromatic carbocycles. The normalized spacial score (nSPS) is 10.0. The van der Waals surface area contributed by atoms with Gasteiger partial charge < -0.3 is 10.6 Å². The van der Waals surface area contributed by atoms with E-state index >= 15 is 0 Å². The Bertz CT molecular complexity index is 705. The highest BCUT2D eigenvalue weighted by Crippen LogP contribution is 2.08. The van der Waals surface area contributed by atoms with Crippen molar-refractivity contribution in [2.24, 2.45) is 5.73 Å². The van der Waals surface area contributed by atoms with Crippen molar-refractivity contribution in [2.75, 3.05) is 6.54 Å². The van der Waals surface area contributed by atoms with E-state index in [0.29, 0.717) is 17.8 Å². The summed E-state index contributed by atoms with van der Waals surface area (Å²) in [5.41, 5.74) is 7.07. The van der Waals surface area contributed by atoms with Gasteiger partial charge in [0.2, 0.25) is 0 Å². The Kier molecular flexibility index (Phi) is 6.45. The molecule has 2 rings (SSSR count). The maximum atomic E-state index is 12.2. The molecule has 0 fully saturated rings. The summed E-state index contributed by atoms with van der Waals surface area (Å²) in [5.74, 6) is 0. The molecule has 0 radical (unpaired) electrons. The molecule has 0 spiro atoms. The molecule has 6 heteroatoms. The zero-order valence-electron chi connectivity index (χ0n) is 13.1. The highest BCUT2D eigenvalue weighted by Gasteiger charge is 2.17. The van der Waals surface area contributed by atoms with Crippen LogP contribution < -0.4 is 11.1 Å². The van der Waals surface area contributed by atoms with E-state index in [0.717, 1.165) is 11.1 Å². The van der Waals surface area contributed by atoms with Gasteiger partial charge in [-0.2, -0.15) is 0 Å². The van der Waals surface area contributed by atoms with Gasteiger partial charge in [0.05, 0.1) is 6.54 Å². The minimum atomic E-state index is -0.882. The summed E-state index contributed by atoms with van der Waals surface area (Å²) in [6, 6.07) is 17.9. The van der Waals surface area contributed by atoms with E-state index in [2.05, 4.69) is 5.32 Å². The fourth-order valence-corrected chi connectivity index (χ4v) is 2.60. The number of amides is 4. The third-order valence-electron chi connectivity index (χ3n) is 3.34. The molecule has 3 N–H and O–H groups in total. The van der Waals surface area contributed by atoms with Crippen LogP contribution in [0.25, 0.3) is 0 Å². The molecular weight excluding hydrogens is 322 g/mol. The van der Waals surface area contributed by atoms with E-state index in [1.807, 2.05) is 60.7 Å². The number of hydrogen-bond donors (Lipinski definition) is 2. The number of carbonyl (C=O) groups excluding carboxylic acids is 2. The second-order valence-corrected chi connectivity index (χ2v) is 5.91. The average molecular weight is 341 g/mol. The standard InChI is InChI=1S/C18H19N3O2S/c19-17(22)20-18(23)21(12-15-9-5-2-6-10-15)13-16(24)11-14-7-3-1-4-8-14/h1-10H,11-13H2,(H3,19,20,22,23). The van der Waals surface area contributed by atoms with E-state index in [4.69, 9.17) is 18.0 Å². The lowest BCUT2D eigenvalue weighted by atomic mass is 10.1. The van der Waals surface area contributed by atoms with Crippen molar-refractivity contribution < 1.29 is 9.59 Å². The molecule has 0 saturated carbocycles. The third kappa shape index (κ3) is 5.81. The van der Waals surface area contributed by atoms with Gasteiger partial charge in [-0.15, -0.1) is 0 Å². The molecule has 2 aromatic rings. The van der Waals surface area contributed by atoms with Crippen molar-refractivity contribution in [3.05, 3.63) is 71.8 Å². The molecule has 0 saturated heterocycles. The molecule has 0 bridgehead atoms. The molecule has 0 aliphatic heterocycles. The predicted molar refractivity (Wildman–Crippen MR) is 97.7 cm³/mol. The SMILES string of the molecule is NC(=O)NC(=O)N(CC(=S)Cc1ccccc1)Cc1ccccc1. The average Bonchev–Trinajstić information content (AvgIpc) is 2.55. The predicted octanol–water partition coefficient (Wildman–Crippen LogP) is 2.89. The van der Waals surface area contributed by atoms with Gasteiger partial charge in [0.25, 0.3) is 0 Å². The first-order valence-electron chi connectivity index (χ1n) is 7.49. The minimum Gasteiger partial charge on any atom is -0.351 e. The summed E-state index contributed by atoms with van der Waals surface area (Å²) in [5, 5.41) is 2.10. The van der Waals surface area contributed by atoms with Crippen molar-refractivity contribution in [1.29, 1.82) is 0 Å². The molecular formula is C18H19N3O2S. The maximum Gasteiger partial charge on any atom is 0.326 e. The second-order valence-electron chi connectivity index (χ2n) is 5.34. The van der Waals surface area contributed by atoms with E-state index < -0.39 is 12.1 Å². The molecule has 0 aliphatic rings. The smallest absolute Gasteiger partial charge is 0.326 e. The monoisotopic (exact) mass is 341 g/mol. The quantitative estimate of drug-likeness (QED) is 0.793. The van der Waals surface area contributed by atoms with Gasteiger partial charge in [-0.1, -0.05) is 72.9 Å². The lowest BCUT2D eigenvalue weighted by molar-refractivity contribution is 0.201. The van der Waals surface area contributed by atoms with Crippen LogP contribution in [0.2, 0.25) is 0 Å². The Morgan fingerprint density at radius 1 is 0.958 bits per heavy atom. The molecule has 24 heavy (non-hydrogen) atoms.